The Bertz CT molecular complexity index is 468. The van der Waals surface area contributed by atoms with Crippen molar-refractivity contribution in [2.24, 2.45) is 5.92 Å². The normalized spacial score (nSPS) is 18.9. The van der Waals surface area contributed by atoms with Crippen molar-refractivity contribution in [3.8, 4) is 0 Å². The summed E-state index contributed by atoms with van der Waals surface area (Å²) in [6.07, 6.45) is -1.58. The molecule has 0 radical (unpaired) electrons. The molecule has 0 N–H and O–H groups in total. The zero-order valence-electron chi connectivity index (χ0n) is 11.1. The zero-order valence-corrected chi connectivity index (χ0v) is 11.1. The summed E-state index contributed by atoms with van der Waals surface area (Å²) in [5.41, 5.74) is 1.84. The van der Waals surface area contributed by atoms with E-state index >= 15 is 0 Å². The lowest BCUT2D eigenvalue weighted by molar-refractivity contribution is -0.174. The molecule has 0 saturated carbocycles. The summed E-state index contributed by atoms with van der Waals surface area (Å²) < 4.78 is 40.2. The molecule has 0 fully saturated rings. The summed E-state index contributed by atoms with van der Waals surface area (Å²) >= 11 is 0. The van der Waals surface area contributed by atoms with E-state index in [4.69, 9.17) is 0 Å². The van der Waals surface area contributed by atoms with Crippen molar-refractivity contribution < 1.29 is 22.7 Å². The molecular formula is C15H17F3O2. The number of benzene rings is 1. The number of hydrogen-bond acceptors (Lipinski definition) is 2. The van der Waals surface area contributed by atoms with Crippen molar-refractivity contribution in [3.63, 3.8) is 0 Å². The Labute approximate surface area is 115 Å². The molecule has 0 bridgehead atoms. The van der Waals surface area contributed by atoms with Gasteiger partial charge in [0.2, 0.25) is 0 Å². The van der Waals surface area contributed by atoms with Crippen LogP contribution in [-0.4, -0.2) is 25.2 Å². The van der Waals surface area contributed by atoms with Crippen LogP contribution in [0.5, 0.6) is 0 Å². The third-order valence-electron chi connectivity index (χ3n) is 3.52. The number of carbonyl (C=O) groups excluding carboxylic acids is 1. The second kappa shape index (κ2) is 6.39. The van der Waals surface area contributed by atoms with Gasteiger partial charge in [0, 0.05) is 18.1 Å². The van der Waals surface area contributed by atoms with E-state index in [0.29, 0.717) is 12.8 Å². The Morgan fingerprint density at radius 3 is 2.75 bits per heavy atom. The number of Topliss-reactive ketones (excluding diaryl/α,β-unsaturated/α-hetero) is 1. The molecule has 110 valence electrons. The van der Waals surface area contributed by atoms with E-state index in [0.717, 1.165) is 24.0 Å². The molecule has 1 unspecified atom stereocenters. The molecule has 0 saturated heterocycles. The number of alkyl halides is 3. The Balaban J connectivity index is 1.77. The predicted octanol–water partition coefficient (Wildman–Crippen LogP) is 3.79. The van der Waals surface area contributed by atoms with Gasteiger partial charge >= 0.3 is 6.18 Å². The first-order valence-electron chi connectivity index (χ1n) is 6.74. The fourth-order valence-corrected chi connectivity index (χ4v) is 2.55. The molecule has 1 aliphatic carbocycles. The van der Waals surface area contributed by atoms with E-state index in [1.165, 1.54) is 0 Å². The summed E-state index contributed by atoms with van der Waals surface area (Å²) in [5, 5.41) is 0. The minimum absolute atomic E-state index is 0.0466. The van der Waals surface area contributed by atoms with E-state index in [1.54, 1.807) is 0 Å². The third-order valence-corrected chi connectivity index (χ3v) is 3.52. The maximum Gasteiger partial charge on any atom is 0.411 e. The molecule has 2 nitrogen and oxygen atoms in total. The maximum absolute atomic E-state index is 12.2. The number of rotatable bonds is 5. The van der Waals surface area contributed by atoms with Gasteiger partial charge in [-0.2, -0.15) is 13.2 Å². The first-order valence-corrected chi connectivity index (χ1v) is 6.74. The second-order valence-electron chi connectivity index (χ2n) is 5.07. The lowest BCUT2D eigenvalue weighted by Gasteiger charge is -2.23. The van der Waals surface area contributed by atoms with Crippen LogP contribution in [0.1, 0.15) is 35.2 Å². The SMILES string of the molecule is O=C1c2ccccc2CCC1CCCOCC(F)(F)F. The number of halogens is 3. The molecule has 20 heavy (non-hydrogen) atoms. The van der Waals surface area contributed by atoms with Crippen molar-refractivity contribution in [2.45, 2.75) is 31.9 Å². The number of fused-ring (bicyclic) bond motifs is 1. The smallest absolute Gasteiger partial charge is 0.372 e. The van der Waals surface area contributed by atoms with Crippen molar-refractivity contribution >= 4 is 5.78 Å². The monoisotopic (exact) mass is 286 g/mol. The van der Waals surface area contributed by atoms with Gasteiger partial charge in [-0.3, -0.25) is 4.79 Å². The van der Waals surface area contributed by atoms with Gasteiger partial charge in [0.15, 0.2) is 5.78 Å². The predicted molar refractivity (Wildman–Crippen MR) is 68.7 cm³/mol. The van der Waals surface area contributed by atoms with Crippen molar-refractivity contribution in [3.05, 3.63) is 35.4 Å². The highest BCUT2D eigenvalue weighted by Gasteiger charge is 2.28. The van der Waals surface area contributed by atoms with Gasteiger partial charge in [0.25, 0.3) is 0 Å². The van der Waals surface area contributed by atoms with E-state index < -0.39 is 12.8 Å². The lowest BCUT2D eigenvalue weighted by atomic mass is 9.80. The summed E-state index contributed by atoms with van der Waals surface area (Å²) in [6, 6.07) is 7.53. The average Bonchev–Trinajstić information content (AvgIpc) is 2.40. The fraction of sp³-hybridized carbons (Fsp3) is 0.533. The Hall–Kier alpha value is -1.36. The highest BCUT2D eigenvalue weighted by molar-refractivity contribution is 6.00. The molecule has 0 heterocycles. The highest BCUT2D eigenvalue weighted by atomic mass is 19.4. The van der Waals surface area contributed by atoms with Crippen LogP contribution in [0.15, 0.2) is 24.3 Å². The molecule has 1 aliphatic rings. The summed E-state index contributed by atoms with van der Waals surface area (Å²) in [4.78, 5) is 12.2. The number of carbonyl (C=O) groups is 1. The largest absolute Gasteiger partial charge is 0.411 e. The van der Waals surface area contributed by atoms with Crippen molar-refractivity contribution in [2.75, 3.05) is 13.2 Å². The molecule has 1 atom stereocenters. The van der Waals surface area contributed by atoms with Crippen LogP contribution in [0, 0.1) is 5.92 Å². The standard InChI is InChI=1S/C15H17F3O2/c16-15(17,18)10-20-9-3-5-12-8-7-11-4-1-2-6-13(11)14(12)19/h1-2,4,6,12H,3,5,7-10H2. The zero-order chi connectivity index (χ0) is 14.6. The maximum atomic E-state index is 12.2. The molecule has 1 aromatic carbocycles. The van der Waals surface area contributed by atoms with Gasteiger partial charge < -0.3 is 4.74 Å². The first kappa shape index (κ1) is 15.0. The van der Waals surface area contributed by atoms with Gasteiger partial charge in [-0.25, -0.2) is 0 Å². The van der Waals surface area contributed by atoms with Crippen LogP contribution in [0.3, 0.4) is 0 Å². The van der Waals surface area contributed by atoms with Crippen LogP contribution < -0.4 is 0 Å². The van der Waals surface area contributed by atoms with E-state index in [1.807, 2.05) is 24.3 Å². The first-order chi connectivity index (χ1) is 9.47. The summed E-state index contributed by atoms with van der Waals surface area (Å²) in [7, 11) is 0. The van der Waals surface area contributed by atoms with Crippen LogP contribution in [0.4, 0.5) is 13.2 Å². The van der Waals surface area contributed by atoms with Gasteiger partial charge in [0.05, 0.1) is 0 Å². The van der Waals surface area contributed by atoms with Crippen molar-refractivity contribution in [1.82, 2.24) is 0 Å². The van der Waals surface area contributed by atoms with Gasteiger partial charge in [-0.15, -0.1) is 0 Å². The average molecular weight is 286 g/mol. The van der Waals surface area contributed by atoms with Gasteiger partial charge in [-0.1, -0.05) is 24.3 Å². The molecule has 0 amide bonds. The number of hydrogen-bond donors (Lipinski definition) is 0. The van der Waals surface area contributed by atoms with Crippen LogP contribution in [0.2, 0.25) is 0 Å². The van der Waals surface area contributed by atoms with E-state index in [-0.39, 0.29) is 18.3 Å². The molecular weight excluding hydrogens is 269 g/mol. The topological polar surface area (TPSA) is 26.3 Å². The van der Waals surface area contributed by atoms with Crippen LogP contribution in [-0.2, 0) is 11.2 Å². The minimum atomic E-state index is -4.28. The molecule has 2 rings (SSSR count). The summed E-state index contributed by atoms with van der Waals surface area (Å²) in [5.74, 6) is 0.0297. The van der Waals surface area contributed by atoms with Gasteiger partial charge in [-0.05, 0) is 31.2 Å². The molecule has 1 aromatic rings. The Morgan fingerprint density at radius 1 is 1.25 bits per heavy atom. The Kier molecular flexibility index (Phi) is 4.81. The minimum Gasteiger partial charge on any atom is -0.372 e. The van der Waals surface area contributed by atoms with Gasteiger partial charge in [0.1, 0.15) is 6.61 Å². The third kappa shape index (κ3) is 4.07. The number of ether oxygens (including phenoxy) is 1. The fourth-order valence-electron chi connectivity index (χ4n) is 2.55. The molecule has 5 heteroatoms. The van der Waals surface area contributed by atoms with Crippen molar-refractivity contribution in [1.29, 1.82) is 0 Å². The van der Waals surface area contributed by atoms with Crippen LogP contribution in [0.25, 0.3) is 0 Å². The van der Waals surface area contributed by atoms with E-state index in [2.05, 4.69) is 4.74 Å². The molecule has 0 spiro atoms. The lowest BCUT2D eigenvalue weighted by Crippen LogP contribution is -2.23. The second-order valence-corrected chi connectivity index (χ2v) is 5.07. The molecule has 0 aliphatic heterocycles. The van der Waals surface area contributed by atoms with Crippen LogP contribution >= 0.6 is 0 Å². The highest BCUT2D eigenvalue weighted by Crippen LogP contribution is 2.28. The quantitative estimate of drug-likeness (QED) is 0.770. The Morgan fingerprint density at radius 2 is 2.00 bits per heavy atom. The number of aryl methyl sites for hydroxylation is 1. The number of ketones is 1. The summed E-state index contributed by atoms with van der Waals surface area (Å²) in [6.45, 7) is -1.17. The van der Waals surface area contributed by atoms with E-state index in [9.17, 15) is 18.0 Å². The molecule has 0 aromatic heterocycles.